The van der Waals surface area contributed by atoms with Crippen LogP contribution in [0, 0.1) is 29.6 Å². The zero-order chi connectivity index (χ0) is 36.5. The van der Waals surface area contributed by atoms with E-state index in [-0.39, 0.29) is 52.0 Å². The molecule has 10 nitrogen and oxygen atoms in total. The number of thiazole rings is 1. The summed E-state index contributed by atoms with van der Waals surface area (Å²) in [6.45, 7) is 1.43. The van der Waals surface area contributed by atoms with E-state index in [0.29, 0.717) is 34.0 Å². The molecule has 1 saturated heterocycles. The highest BCUT2D eigenvalue weighted by Gasteiger charge is 2.70. The van der Waals surface area contributed by atoms with Crippen molar-refractivity contribution in [2.45, 2.75) is 35.7 Å². The van der Waals surface area contributed by atoms with E-state index < -0.39 is 48.0 Å². The van der Waals surface area contributed by atoms with E-state index in [1.165, 1.54) is 40.9 Å². The number of ether oxygens (including phenoxy) is 2. The monoisotopic (exact) mass is 749 g/mol. The number of thioether (sulfide) groups is 1. The lowest BCUT2D eigenvalue weighted by Gasteiger charge is -2.43. The summed E-state index contributed by atoms with van der Waals surface area (Å²) < 4.78 is 50.7. The average molecular weight is 750 g/mol. The van der Waals surface area contributed by atoms with Crippen LogP contribution < -0.4 is 19.8 Å². The summed E-state index contributed by atoms with van der Waals surface area (Å²) in [5, 5.41) is 3.06. The van der Waals surface area contributed by atoms with Gasteiger partial charge in [-0.2, -0.15) is 13.2 Å². The first-order valence-electron chi connectivity index (χ1n) is 16.7. The fraction of sp³-hybridized carbons (Fsp3) is 0.324. The predicted molar refractivity (Wildman–Crippen MR) is 185 cm³/mol. The number of para-hydroxylation sites is 1. The van der Waals surface area contributed by atoms with Crippen molar-refractivity contribution in [2.24, 2.45) is 29.6 Å². The molecule has 2 N–H and O–H groups in total. The molecule has 52 heavy (non-hydrogen) atoms. The molecule has 0 radical (unpaired) electrons. The molecule has 3 fully saturated rings. The van der Waals surface area contributed by atoms with Gasteiger partial charge in [-0.1, -0.05) is 35.6 Å². The van der Waals surface area contributed by atoms with E-state index in [2.05, 4.69) is 10.3 Å². The highest BCUT2D eigenvalue weighted by Crippen LogP contribution is 2.69. The SMILES string of the molecule is CCOC(=O)c1ccc(N2C(=O)[C@H]3[C@H]4C[C@@H]([C@@H]3C2=O)[C@@H]2[C@H](c3ccccc3OCC(=O)Nc3cccc(C(F)(F)F)c3)c3sc(=O)[nH]c3S[C@H]42)cc1. The summed E-state index contributed by atoms with van der Waals surface area (Å²) >= 11 is 2.61. The molecule has 2 saturated carbocycles. The van der Waals surface area contributed by atoms with Crippen LogP contribution in [0.15, 0.2) is 82.6 Å². The molecular weight excluding hydrogens is 720 g/mol. The van der Waals surface area contributed by atoms with Crippen LogP contribution >= 0.6 is 23.1 Å². The molecule has 0 unspecified atom stereocenters. The summed E-state index contributed by atoms with van der Waals surface area (Å²) in [4.78, 5) is 70.8. The minimum atomic E-state index is -4.57. The number of aromatic amines is 1. The third kappa shape index (κ3) is 5.70. The van der Waals surface area contributed by atoms with Crippen LogP contribution in [-0.2, 0) is 25.3 Å². The first-order valence-corrected chi connectivity index (χ1v) is 18.4. The summed E-state index contributed by atoms with van der Waals surface area (Å²) in [6.07, 6.45) is -3.91. The average Bonchev–Trinajstić information content (AvgIpc) is 3.86. The number of carbonyl (C=O) groups excluding carboxylic acids is 4. The van der Waals surface area contributed by atoms with E-state index in [1.807, 2.05) is 12.1 Å². The van der Waals surface area contributed by atoms with Crippen molar-refractivity contribution in [1.82, 2.24) is 4.98 Å². The van der Waals surface area contributed by atoms with Crippen molar-refractivity contribution in [3.63, 3.8) is 0 Å². The molecule has 1 aromatic heterocycles. The molecule has 0 spiro atoms. The van der Waals surface area contributed by atoms with Crippen LogP contribution in [0.1, 0.15) is 45.6 Å². The van der Waals surface area contributed by atoms with Crippen molar-refractivity contribution < 1.29 is 41.8 Å². The van der Waals surface area contributed by atoms with Crippen LogP contribution in [0.2, 0.25) is 0 Å². The van der Waals surface area contributed by atoms with Crippen molar-refractivity contribution in [3.8, 4) is 5.75 Å². The summed E-state index contributed by atoms with van der Waals surface area (Å²) in [5.41, 5.74) is 0.475. The van der Waals surface area contributed by atoms with Gasteiger partial charge in [0.2, 0.25) is 11.8 Å². The number of nitrogens with one attached hydrogen (secondary N) is 2. The third-order valence-electron chi connectivity index (χ3n) is 10.4. The molecule has 15 heteroatoms. The number of H-pyrrole nitrogens is 1. The van der Waals surface area contributed by atoms with Gasteiger partial charge < -0.3 is 19.8 Å². The number of anilines is 2. The normalized spacial score (nSPS) is 25.8. The number of benzene rings is 3. The van der Waals surface area contributed by atoms with Gasteiger partial charge in [-0.15, -0.1) is 11.8 Å². The third-order valence-corrected chi connectivity index (χ3v) is 13.0. The number of nitrogens with zero attached hydrogens (tertiary/aromatic N) is 1. The van der Waals surface area contributed by atoms with E-state index >= 15 is 0 Å². The number of amides is 3. The van der Waals surface area contributed by atoms with Crippen molar-refractivity contribution in [2.75, 3.05) is 23.4 Å². The Morgan fingerprint density at radius 1 is 0.962 bits per heavy atom. The van der Waals surface area contributed by atoms with Gasteiger partial charge in [0, 0.05) is 27.3 Å². The highest BCUT2D eigenvalue weighted by atomic mass is 32.2. The fourth-order valence-corrected chi connectivity index (χ4v) is 11.4. The Hall–Kier alpha value is -4.89. The van der Waals surface area contributed by atoms with Gasteiger partial charge in [0.25, 0.3) is 5.91 Å². The standard InChI is InChI=1S/C37H30F3N3O7S2/c1-2-49-35(47)17-10-12-20(13-11-17)43-33(45)28-22-15-23(29(28)34(43)46)30-27(22)26(31-32(51-30)42-36(48)52-31)21-8-3-4-9-24(21)50-16-25(44)41-19-7-5-6-18(14-19)37(38,39)40/h3-14,22-23,26-30H,2,15-16H2,1H3,(H,41,44)(H,42,48)/t22-,23-,26+,27-,28+,29+,30-/m1/s1. The summed E-state index contributed by atoms with van der Waals surface area (Å²) in [5.74, 6) is -3.36. The van der Waals surface area contributed by atoms with Crippen molar-refractivity contribution >= 4 is 58.2 Å². The lowest BCUT2D eigenvalue weighted by molar-refractivity contribution is -0.137. The molecule has 2 aliphatic carbocycles. The molecule has 8 rings (SSSR count). The van der Waals surface area contributed by atoms with Gasteiger partial charge in [-0.3, -0.25) is 24.1 Å². The Bertz CT molecular complexity index is 2170. The van der Waals surface area contributed by atoms with Crippen molar-refractivity contribution in [3.05, 3.63) is 104 Å². The number of esters is 1. The first-order chi connectivity index (χ1) is 24.9. The quantitative estimate of drug-likeness (QED) is 0.158. The van der Waals surface area contributed by atoms with Crippen LogP contribution in [-0.4, -0.2) is 47.1 Å². The number of hydrogen-bond acceptors (Lipinski definition) is 9. The van der Waals surface area contributed by atoms with E-state index in [9.17, 15) is 37.1 Å². The minimum absolute atomic E-state index is 0.0260. The molecule has 2 aliphatic heterocycles. The number of rotatable bonds is 8. The maximum absolute atomic E-state index is 14.2. The number of carbonyl (C=O) groups is 4. The maximum Gasteiger partial charge on any atom is 0.416 e. The summed E-state index contributed by atoms with van der Waals surface area (Å²) in [7, 11) is 0. The molecule has 7 atom stereocenters. The lowest BCUT2D eigenvalue weighted by Crippen LogP contribution is -2.42. The van der Waals surface area contributed by atoms with Gasteiger partial charge in [0.05, 0.1) is 40.3 Å². The van der Waals surface area contributed by atoms with E-state index in [1.54, 1.807) is 31.2 Å². The Morgan fingerprint density at radius 2 is 1.69 bits per heavy atom. The van der Waals surface area contributed by atoms with Gasteiger partial charge in [0.1, 0.15) is 5.75 Å². The minimum Gasteiger partial charge on any atom is -0.483 e. The number of aromatic nitrogens is 1. The molecule has 3 heterocycles. The first kappa shape index (κ1) is 34.2. The molecular formula is C37H30F3N3O7S2. The van der Waals surface area contributed by atoms with Crippen LogP contribution in [0.5, 0.6) is 5.75 Å². The Balaban J connectivity index is 1.07. The molecule has 4 aliphatic rings. The number of fused-ring (bicyclic) bond motifs is 9. The fourth-order valence-electron chi connectivity index (χ4n) is 8.56. The van der Waals surface area contributed by atoms with Gasteiger partial charge in [-0.05, 0) is 79.6 Å². The molecule has 3 amide bonds. The second-order valence-corrected chi connectivity index (χ2v) is 15.4. The number of imide groups is 1. The highest BCUT2D eigenvalue weighted by molar-refractivity contribution is 8.00. The second kappa shape index (κ2) is 13.0. The Labute approximate surface area is 302 Å². The number of alkyl halides is 3. The second-order valence-electron chi connectivity index (χ2n) is 13.2. The topological polar surface area (TPSA) is 135 Å². The number of halogens is 3. The van der Waals surface area contributed by atoms with Gasteiger partial charge in [0.15, 0.2) is 6.61 Å². The van der Waals surface area contributed by atoms with Crippen LogP contribution in [0.25, 0.3) is 0 Å². The largest absolute Gasteiger partial charge is 0.483 e. The van der Waals surface area contributed by atoms with Gasteiger partial charge in [-0.25, -0.2) is 4.79 Å². The van der Waals surface area contributed by atoms with E-state index in [4.69, 9.17) is 9.47 Å². The van der Waals surface area contributed by atoms with Crippen molar-refractivity contribution in [1.29, 1.82) is 0 Å². The summed E-state index contributed by atoms with van der Waals surface area (Å²) in [6, 6.07) is 17.6. The zero-order valence-electron chi connectivity index (χ0n) is 27.3. The van der Waals surface area contributed by atoms with Crippen LogP contribution in [0.3, 0.4) is 0 Å². The zero-order valence-corrected chi connectivity index (χ0v) is 29.0. The van der Waals surface area contributed by atoms with E-state index in [0.717, 1.165) is 28.3 Å². The smallest absolute Gasteiger partial charge is 0.416 e. The molecule has 3 aromatic carbocycles. The Kier molecular flexibility index (Phi) is 8.52. The van der Waals surface area contributed by atoms with Gasteiger partial charge >= 0.3 is 17.0 Å². The number of hydrogen-bond donors (Lipinski definition) is 2. The molecule has 4 aromatic rings. The predicted octanol–water partition coefficient (Wildman–Crippen LogP) is 6.33. The molecule has 2 bridgehead atoms. The Morgan fingerprint density at radius 3 is 2.42 bits per heavy atom. The lowest BCUT2D eigenvalue weighted by atomic mass is 9.68. The maximum atomic E-state index is 14.2. The molecule has 268 valence electrons. The van der Waals surface area contributed by atoms with Crippen LogP contribution in [0.4, 0.5) is 24.5 Å².